The first-order valence-corrected chi connectivity index (χ1v) is 33.3. The van der Waals surface area contributed by atoms with Gasteiger partial charge in [0.15, 0.2) is 0 Å². The van der Waals surface area contributed by atoms with Crippen LogP contribution in [0.4, 0.5) is 0 Å². The predicted molar refractivity (Wildman–Crippen MR) is 324 cm³/mol. The summed E-state index contributed by atoms with van der Waals surface area (Å²) in [5.74, 6) is -0.0931. The smallest absolute Gasteiger partial charge is 0.305 e. The van der Waals surface area contributed by atoms with E-state index in [-0.39, 0.29) is 18.5 Å². The van der Waals surface area contributed by atoms with Gasteiger partial charge in [-0.15, -0.1) is 0 Å². The minimum Gasteiger partial charge on any atom is -0.466 e. The third kappa shape index (κ3) is 59.3. The van der Waals surface area contributed by atoms with Crippen LogP contribution in [-0.4, -0.2) is 47.4 Å². The van der Waals surface area contributed by atoms with E-state index in [1.54, 1.807) is 6.08 Å². The number of hydrogen-bond donors (Lipinski definition) is 3. The Labute approximate surface area is 462 Å². The molecule has 0 heterocycles. The lowest BCUT2D eigenvalue weighted by Gasteiger charge is -2.20. The Morgan fingerprint density at radius 1 is 0.378 bits per heavy atom. The molecule has 2 atom stereocenters. The van der Waals surface area contributed by atoms with Crippen LogP contribution in [0.25, 0.3) is 0 Å². The van der Waals surface area contributed by atoms with Gasteiger partial charge in [-0.2, -0.15) is 0 Å². The highest BCUT2D eigenvalue weighted by molar-refractivity contribution is 5.76. The fourth-order valence-corrected chi connectivity index (χ4v) is 10.3. The number of nitrogens with one attached hydrogen (secondary N) is 1. The summed E-state index contributed by atoms with van der Waals surface area (Å²) in [7, 11) is 0. The second kappa shape index (κ2) is 63.6. The van der Waals surface area contributed by atoms with E-state index in [1.165, 1.54) is 250 Å². The molecule has 0 aliphatic carbocycles. The van der Waals surface area contributed by atoms with Gasteiger partial charge >= 0.3 is 5.97 Å². The van der Waals surface area contributed by atoms with Crippen molar-refractivity contribution in [2.24, 2.45) is 0 Å². The Kier molecular flexibility index (Phi) is 62.0. The van der Waals surface area contributed by atoms with E-state index < -0.39 is 12.1 Å². The molecule has 0 bridgehead atoms. The standard InChI is InChI=1S/C68H129NO5/c1-3-5-7-9-11-13-15-17-19-21-22-23-24-25-26-27-29-32-36-40-44-48-52-56-60-66(71)65(64-70)69-67(72)61-57-53-49-45-41-37-33-30-28-31-35-39-43-47-51-55-59-63-74-68(73)62-58-54-50-46-42-38-34-20-18-16-14-12-10-8-6-4-2/h28,31,39,43,56,60,65-66,70-71H,3-27,29-30,32-38,40-42,44-55,57-59,61-64H2,1-2H3,(H,69,72)/b31-28-,43-39-,60-56+. The van der Waals surface area contributed by atoms with Crippen molar-refractivity contribution in [2.45, 2.75) is 373 Å². The number of carbonyl (C=O) groups is 2. The molecular weight excluding hydrogens is 911 g/mol. The number of allylic oxidation sites excluding steroid dienone is 5. The van der Waals surface area contributed by atoms with Crippen molar-refractivity contribution in [1.29, 1.82) is 0 Å². The largest absolute Gasteiger partial charge is 0.466 e. The topological polar surface area (TPSA) is 95.9 Å². The number of ether oxygens (including phenoxy) is 1. The van der Waals surface area contributed by atoms with Crippen LogP contribution in [0.15, 0.2) is 36.5 Å². The minimum atomic E-state index is -0.857. The second-order valence-corrected chi connectivity index (χ2v) is 22.8. The summed E-state index contributed by atoms with van der Waals surface area (Å²) in [5, 5.41) is 23.2. The molecule has 0 aliphatic heterocycles. The third-order valence-electron chi connectivity index (χ3n) is 15.4. The van der Waals surface area contributed by atoms with E-state index in [0.29, 0.717) is 19.4 Å². The Morgan fingerprint density at radius 3 is 1.03 bits per heavy atom. The fraction of sp³-hybridized carbons (Fsp3) is 0.882. The maximum Gasteiger partial charge on any atom is 0.305 e. The maximum absolute atomic E-state index is 12.5. The summed E-state index contributed by atoms with van der Waals surface area (Å²) in [6.07, 6.45) is 80.6. The normalized spacial score (nSPS) is 12.8. The first kappa shape index (κ1) is 72.1. The molecule has 6 heteroatoms. The monoisotopic (exact) mass is 1040 g/mol. The molecule has 0 saturated heterocycles. The lowest BCUT2D eigenvalue weighted by Crippen LogP contribution is -2.45. The summed E-state index contributed by atoms with van der Waals surface area (Å²) in [5.41, 5.74) is 0. The highest BCUT2D eigenvalue weighted by atomic mass is 16.5. The van der Waals surface area contributed by atoms with Gasteiger partial charge in [0.2, 0.25) is 5.91 Å². The van der Waals surface area contributed by atoms with Crippen LogP contribution >= 0.6 is 0 Å². The van der Waals surface area contributed by atoms with Crippen LogP contribution < -0.4 is 5.32 Å². The van der Waals surface area contributed by atoms with Gasteiger partial charge in [0.25, 0.3) is 0 Å². The quantitative estimate of drug-likeness (QED) is 0.0320. The van der Waals surface area contributed by atoms with Gasteiger partial charge in [0.1, 0.15) is 0 Å². The lowest BCUT2D eigenvalue weighted by atomic mass is 10.0. The Bertz CT molecular complexity index is 1200. The molecule has 0 radical (unpaired) electrons. The summed E-state index contributed by atoms with van der Waals surface area (Å²) in [6, 6.07) is -0.642. The van der Waals surface area contributed by atoms with Gasteiger partial charge in [0.05, 0.1) is 25.4 Å². The fourth-order valence-electron chi connectivity index (χ4n) is 10.3. The van der Waals surface area contributed by atoms with E-state index >= 15 is 0 Å². The number of rotatable bonds is 62. The molecule has 0 aromatic carbocycles. The van der Waals surface area contributed by atoms with Crippen molar-refractivity contribution in [2.75, 3.05) is 13.2 Å². The average molecular weight is 1040 g/mol. The van der Waals surface area contributed by atoms with Gasteiger partial charge in [-0.3, -0.25) is 9.59 Å². The maximum atomic E-state index is 12.5. The summed E-state index contributed by atoms with van der Waals surface area (Å²) in [4.78, 5) is 24.6. The first-order chi connectivity index (χ1) is 36.5. The number of carbonyl (C=O) groups excluding carboxylic acids is 2. The zero-order valence-electron chi connectivity index (χ0n) is 49.8. The molecule has 74 heavy (non-hydrogen) atoms. The Hall–Kier alpha value is -1.92. The number of aliphatic hydroxyl groups is 2. The van der Waals surface area contributed by atoms with Crippen LogP contribution in [0.2, 0.25) is 0 Å². The molecule has 0 saturated carbocycles. The van der Waals surface area contributed by atoms with Gasteiger partial charge in [0, 0.05) is 12.8 Å². The van der Waals surface area contributed by atoms with E-state index in [0.717, 1.165) is 83.5 Å². The first-order valence-electron chi connectivity index (χ1n) is 33.3. The number of hydrogen-bond acceptors (Lipinski definition) is 5. The highest BCUT2D eigenvalue weighted by Crippen LogP contribution is 2.18. The predicted octanol–water partition coefficient (Wildman–Crippen LogP) is 21.1. The molecule has 0 fully saturated rings. The van der Waals surface area contributed by atoms with Gasteiger partial charge < -0.3 is 20.3 Å². The van der Waals surface area contributed by atoms with E-state index in [9.17, 15) is 19.8 Å². The zero-order chi connectivity index (χ0) is 53.6. The molecule has 0 aliphatic rings. The molecule has 6 nitrogen and oxygen atoms in total. The number of unbranched alkanes of at least 4 members (excludes halogenated alkanes) is 47. The summed E-state index contributed by atoms with van der Waals surface area (Å²) in [6.45, 7) is 4.89. The molecule has 0 aromatic heterocycles. The van der Waals surface area contributed by atoms with E-state index in [1.807, 2.05) is 6.08 Å². The Morgan fingerprint density at radius 2 is 0.676 bits per heavy atom. The molecule has 0 rings (SSSR count). The van der Waals surface area contributed by atoms with Crippen LogP contribution in [0.5, 0.6) is 0 Å². The van der Waals surface area contributed by atoms with Gasteiger partial charge in [-0.25, -0.2) is 0 Å². The van der Waals surface area contributed by atoms with Crippen LogP contribution in [0, 0.1) is 0 Å². The highest BCUT2D eigenvalue weighted by Gasteiger charge is 2.18. The summed E-state index contributed by atoms with van der Waals surface area (Å²) >= 11 is 0. The van der Waals surface area contributed by atoms with Crippen molar-refractivity contribution in [3.8, 4) is 0 Å². The molecule has 3 N–H and O–H groups in total. The number of aliphatic hydroxyl groups excluding tert-OH is 2. The van der Waals surface area contributed by atoms with E-state index in [4.69, 9.17) is 4.74 Å². The van der Waals surface area contributed by atoms with Crippen LogP contribution in [0.3, 0.4) is 0 Å². The van der Waals surface area contributed by atoms with Crippen molar-refractivity contribution in [1.82, 2.24) is 5.32 Å². The summed E-state index contributed by atoms with van der Waals surface area (Å²) < 4.78 is 5.47. The molecule has 436 valence electrons. The average Bonchev–Trinajstić information content (AvgIpc) is 3.40. The van der Waals surface area contributed by atoms with Crippen molar-refractivity contribution < 1.29 is 24.5 Å². The Balaban J connectivity index is 3.50. The van der Waals surface area contributed by atoms with Gasteiger partial charge in [-0.1, -0.05) is 314 Å². The number of amides is 1. The number of esters is 1. The molecule has 1 amide bonds. The second-order valence-electron chi connectivity index (χ2n) is 22.8. The zero-order valence-corrected chi connectivity index (χ0v) is 49.8. The van der Waals surface area contributed by atoms with Gasteiger partial charge in [-0.05, 0) is 70.6 Å². The molecular formula is C68H129NO5. The lowest BCUT2D eigenvalue weighted by molar-refractivity contribution is -0.143. The molecule has 0 spiro atoms. The van der Waals surface area contributed by atoms with Crippen molar-refractivity contribution in [3.63, 3.8) is 0 Å². The molecule has 2 unspecified atom stereocenters. The molecule has 0 aromatic rings. The third-order valence-corrected chi connectivity index (χ3v) is 15.4. The van der Waals surface area contributed by atoms with Crippen molar-refractivity contribution in [3.05, 3.63) is 36.5 Å². The van der Waals surface area contributed by atoms with Crippen LogP contribution in [-0.2, 0) is 14.3 Å². The SMILES string of the molecule is CCCCCCCCCCCCCCCCCCCCCCCC/C=C/C(O)C(CO)NC(=O)CCCCCCCCC/C=C\C/C=C\CCCCCOC(=O)CCCCCCCCCCCCCCCCCC. The minimum absolute atomic E-state index is 0.0124. The van der Waals surface area contributed by atoms with E-state index in [2.05, 4.69) is 43.5 Å². The van der Waals surface area contributed by atoms with Crippen LogP contribution in [0.1, 0.15) is 361 Å². The van der Waals surface area contributed by atoms with Crippen molar-refractivity contribution >= 4 is 11.9 Å².